The number of anilines is 1. The van der Waals surface area contributed by atoms with Crippen LogP contribution in [-0.2, 0) is 0 Å². The van der Waals surface area contributed by atoms with E-state index in [0.29, 0.717) is 6.04 Å². The third kappa shape index (κ3) is 3.43. The van der Waals surface area contributed by atoms with E-state index in [2.05, 4.69) is 46.0 Å². The molecule has 0 radical (unpaired) electrons. The first kappa shape index (κ1) is 13.8. The highest BCUT2D eigenvalue weighted by Crippen LogP contribution is 2.32. The number of thioether (sulfide) groups is 1. The first-order valence-corrected chi connectivity index (χ1v) is 8.15. The summed E-state index contributed by atoms with van der Waals surface area (Å²) in [7, 11) is 0. The molecule has 1 aromatic rings. The van der Waals surface area contributed by atoms with Crippen molar-refractivity contribution in [2.24, 2.45) is 0 Å². The minimum absolute atomic E-state index is 0.510. The standard InChI is InChI=1S/C14H17BrN2S/c1-2-18-13-6-5-12(8-13)17-14-7-11(15)4-3-10(14)9-16/h3-4,7,12-13,17H,2,5-6,8H2,1H3. The van der Waals surface area contributed by atoms with Crippen LogP contribution in [0, 0.1) is 11.3 Å². The lowest BCUT2D eigenvalue weighted by molar-refractivity contribution is 0.756. The fourth-order valence-corrected chi connectivity index (χ4v) is 3.92. The Bertz CT molecular complexity index is 456. The van der Waals surface area contributed by atoms with Crippen LogP contribution in [0.1, 0.15) is 31.7 Å². The first-order chi connectivity index (χ1) is 8.72. The Morgan fingerprint density at radius 3 is 3.06 bits per heavy atom. The Kier molecular flexibility index (Phi) is 4.96. The monoisotopic (exact) mass is 324 g/mol. The van der Waals surface area contributed by atoms with Crippen molar-refractivity contribution in [1.82, 2.24) is 0 Å². The lowest BCUT2D eigenvalue weighted by atomic mass is 10.1. The minimum atomic E-state index is 0.510. The fraction of sp³-hybridized carbons (Fsp3) is 0.500. The average molecular weight is 325 g/mol. The molecule has 18 heavy (non-hydrogen) atoms. The molecule has 1 fully saturated rings. The molecule has 2 nitrogen and oxygen atoms in total. The van der Waals surface area contributed by atoms with E-state index in [4.69, 9.17) is 5.26 Å². The summed E-state index contributed by atoms with van der Waals surface area (Å²) in [5, 5.41) is 13.4. The molecule has 2 unspecified atom stereocenters. The Balaban J connectivity index is 2.02. The number of hydrogen-bond acceptors (Lipinski definition) is 3. The lowest BCUT2D eigenvalue weighted by Crippen LogP contribution is -2.16. The van der Waals surface area contributed by atoms with Gasteiger partial charge in [-0.2, -0.15) is 17.0 Å². The number of nitriles is 1. The molecule has 2 rings (SSSR count). The van der Waals surface area contributed by atoms with Crippen LogP contribution in [0.3, 0.4) is 0 Å². The van der Waals surface area contributed by atoms with Gasteiger partial charge in [-0.25, -0.2) is 0 Å². The van der Waals surface area contributed by atoms with Gasteiger partial charge in [-0.1, -0.05) is 22.9 Å². The van der Waals surface area contributed by atoms with E-state index in [1.807, 2.05) is 18.2 Å². The number of halogens is 1. The molecule has 0 bridgehead atoms. The van der Waals surface area contributed by atoms with E-state index in [1.165, 1.54) is 25.0 Å². The van der Waals surface area contributed by atoms with Crippen molar-refractivity contribution >= 4 is 33.4 Å². The Labute approximate surface area is 121 Å². The quantitative estimate of drug-likeness (QED) is 0.891. The van der Waals surface area contributed by atoms with Crippen molar-refractivity contribution in [3.63, 3.8) is 0 Å². The molecule has 96 valence electrons. The topological polar surface area (TPSA) is 35.8 Å². The smallest absolute Gasteiger partial charge is 0.101 e. The van der Waals surface area contributed by atoms with Gasteiger partial charge in [0.1, 0.15) is 6.07 Å². The summed E-state index contributed by atoms with van der Waals surface area (Å²) in [6.07, 6.45) is 3.69. The summed E-state index contributed by atoms with van der Waals surface area (Å²) >= 11 is 5.51. The van der Waals surface area contributed by atoms with Crippen LogP contribution in [-0.4, -0.2) is 17.0 Å². The van der Waals surface area contributed by atoms with Crippen molar-refractivity contribution in [3.8, 4) is 6.07 Å². The number of nitrogens with one attached hydrogen (secondary N) is 1. The molecule has 1 aromatic carbocycles. The normalized spacial score (nSPS) is 22.7. The molecular weight excluding hydrogens is 308 g/mol. The number of rotatable bonds is 4. The number of benzene rings is 1. The Hall–Kier alpha value is -0.660. The van der Waals surface area contributed by atoms with Crippen molar-refractivity contribution < 1.29 is 0 Å². The molecule has 0 heterocycles. The second-order valence-corrected chi connectivity index (χ2v) is 7.03. The highest BCUT2D eigenvalue weighted by Gasteiger charge is 2.24. The van der Waals surface area contributed by atoms with E-state index in [-0.39, 0.29) is 0 Å². The molecule has 1 aliphatic rings. The second kappa shape index (κ2) is 6.49. The van der Waals surface area contributed by atoms with E-state index in [1.54, 1.807) is 0 Å². The van der Waals surface area contributed by atoms with E-state index < -0.39 is 0 Å². The maximum Gasteiger partial charge on any atom is 0.101 e. The number of hydrogen-bond donors (Lipinski definition) is 1. The highest BCUT2D eigenvalue weighted by molar-refractivity contribution is 9.10. The van der Waals surface area contributed by atoms with E-state index in [0.717, 1.165) is 21.0 Å². The van der Waals surface area contributed by atoms with Crippen LogP contribution < -0.4 is 5.32 Å². The molecule has 0 aromatic heterocycles. The van der Waals surface area contributed by atoms with Crippen LogP contribution in [0.2, 0.25) is 0 Å². The first-order valence-electron chi connectivity index (χ1n) is 6.30. The SMILES string of the molecule is CCSC1CCC(Nc2cc(Br)ccc2C#N)C1. The summed E-state index contributed by atoms with van der Waals surface area (Å²) in [5.74, 6) is 1.19. The zero-order chi connectivity index (χ0) is 13.0. The van der Waals surface area contributed by atoms with E-state index >= 15 is 0 Å². The van der Waals surface area contributed by atoms with Gasteiger partial charge in [0.15, 0.2) is 0 Å². The third-order valence-corrected chi connectivity index (χ3v) is 4.97. The van der Waals surface area contributed by atoms with Crippen molar-refractivity contribution in [3.05, 3.63) is 28.2 Å². The summed E-state index contributed by atoms with van der Waals surface area (Å²) < 4.78 is 1.02. The molecule has 1 N–H and O–H groups in total. The van der Waals surface area contributed by atoms with Crippen molar-refractivity contribution in [2.45, 2.75) is 37.5 Å². The van der Waals surface area contributed by atoms with Gasteiger partial charge in [0, 0.05) is 15.8 Å². The van der Waals surface area contributed by atoms with Crippen LogP contribution in [0.15, 0.2) is 22.7 Å². The van der Waals surface area contributed by atoms with Crippen molar-refractivity contribution in [2.75, 3.05) is 11.1 Å². The molecule has 0 amide bonds. The minimum Gasteiger partial charge on any atom is -0.381 e. The summed E-state index contributed by atoms with van der Waals surface area (Å²) in [5.41, 5.74) is 1.68. The van der Waals surface area contributed by atoms with Crippen LogP contribution in [0.5, 0.6) is 0 Å². The Morgan fingerprint density at radius 1 is 1.50 bits per heavy atom. The van der Waals surface area contributed by atoms with E-state index in [9.17, 15) is 0 Å². The van der Waals surface area contributed by atoms with Crippen LogP contribution in [0.25, 0.3) is 0 Å². The van der Waals surface area contributed by atoms with Crippen LogP contribution >= 0.6 is 27.7 Å². The molecule has 1 aliphatic carbocycles. The predicted octanol–water partition coefficient (Wildman–Crippen LogP) is 4.41. The summed E-state index contributed by atoms with van der Waals surface area (Å²) in [6.45, 7) is 2.22. The van der Waals surface area contributed by atoms with Gasteiger partial charge >= 0.3 is 0 Å². The molecule has 2 atom stereocenters. The summed E-state index contributed by atoms with van der Waals surface area (Å²) in [4.78, 5) is 0. The van der Waals surface area contributed by atoms with Gasteiger partial charge in [0.25, 0.3) is 0 Å². The highest BCUT2D eigenvalue weighted by atomic mass is 79.9. The third-order valence-electron chi connectivity index (χ3n) is 3.25. The van der Waals surface area contributed by atoms with Gasteiger partial charge in [0.2, 0.25) is 0 Å². The molecule has 0 spiro atoms. The lowest BCUT2D eigenvalue weighted by Gasteiger charge is -2.16. The molecular formula is C14H17BrN2S. The zero-order valence-electron chi connectivity index (χ0n) is 10.4. The zero-order valence-corrected chi connectivity index (χ0v) is 12.9. The predicted molar refractivity (Wildman–Crippen MR) is 82.0 cm³/mol. The number of nitrogens with zero attached hydrogens (tertiary/aromatic N) is 1. The van der Waals surface area contributed by atoms with Gasteiger partial charge < -0.3 is 5.32 Å². The van der Waals surface area contributed by atoms with Gasteiger partial charge in [0.05, 0.1) is 11.3 Å². The summed E-state index contributed by atoms with van der Waals surface area (Å²) in [6, 6.07) is 8.52. The second-order valence-electron chi connectivity index (χ2n) is 4.53. The van der Waals surface area contributed by atoms with Crippen molar-refractivity contribution in [1.29, 1.82) is 5.26 Å². The molecule has 0 saturated heterocycles. The largest absolute Gasteiger partial charge is 0.381 e. The maximum atomic E-state index is 9.11. The van der Waals surface area contributed by atoms with Gasteiger partial charge in [-0.05, 0) is 43.2 Å². The maximum absolute atomic E-state index is 9.11. The Morgan fingerprint density at radius 2 is 2.33 bits per heavy atom. The molecule has 4 heteroatoms. The van der Waals surface area contributed by atoms with Gasteiger partial charge in [-0.3, -0.25) is 0 Å². The fourth-order valence-electron chi connectivity index (χ4n) is 2.41. The van der Waals surface area contributed by atoms with Gasteiger partial charge in [-0.15, -0.1) is 0 Å². The van der Waals surface area contributed by atoms with Crippen LogP contribution in [0.4, 0.5) is 5.69 Å². The average Bonchev–Trinajstić information content (AvgIpc) is 2.77. The molecule has 0 aliphatic heterocycles. The molecule has 1 saturated carbocycles.